The molecule has 0 aliphatic rings. The van der Waals surface area contributed by atoms with Gasteiger partial charge in [0, 0.05) is 29.2 Å². The maximum atomic E-state index is 13.1. The van der Waals surface area contributed by atoms with Gasteiger partial charge in [-0.3, -0.25) is 0 Å². The Labute approximate surface area is 118 Å². The van der Waals surface area contributed by atoms with Crippen LogP contribution >= 0.6 is 0 Å². The van der Waals surface area contributed by atoms with Gasteiger partial charge in [0.05, 0.1) is 0 Å². The quantitative estimate of drug-likeness (QED) is 0.507. The first-order valence-corrected chi connectivity index (χ1v) is 5.93. The number of nitrogens with one attached hydrogen (secondary N) is 1. The Morgan fingerprint density at radius 2 is 1.57 bits per heavy atom. The molecule has 0 amide bonds. The number of nitrogens with zero attached hydrogens (tertiary/aromatic N) is 3. The highest BCUT2D eigenvalue weighted by Crippen LogP contribution is 2.17. The lowest BCUT2D eigenvalue weighted by Gasteiger charge is -2.06. The highest BCUT2D eigenvalue weighted by atomic mass is 19.2. The van der Waals surface area contributed by atoms with E-state index in [1.54, 1.807) is 19.9 Å². The zero-order chi connectivity index (χ0) is 15.6. The van der Waals surface area contributed by atoms with Crippen LogP contribution in [0.3, 0.4) is 0 Å². The van der Waals surface area contributed by atoms with Crippen LogP contribution in [-0.4, -0.2) is 15.9 Å². The molecule has 0 spiro atoms. The monoisotopic (exact) mass is 295 g/mol. The number of rotatable bonds is 2. The van der Waals surface area contributed by atoms with E-state index >= 15 is 0 Å². The van der Waals surface area contributed by atoms with Crippen LogP contribution < -0.4 is 11.1 Å². The SMILES string of the molecule is Cc1cc(C)nc(/N=C(\N)Nc2cc(F)c(F)c(F)c2)n1. The Bertz CT molecular complexity index is 672. The van der Waals surface area contributed by atoms with Crippen molar-refractivity contribution in [3.05, 3.63) is 47.0 Å². The van der Waals surface area contributed by atoms with Gasteiger partial charge in [-0.05, 0) is 19.9 Å². The normalized spacial score (nSPS) is 11.6. The van der Waals surface area contributed by atoms with Crippen LogP contribution in [0.5, 0.6) is 0 Å². The minimum atomic E-state index is -1.55. The van der Waals surface area contributed by atoms with E-state index in [1.807, 2.05) is 0 Å². The van der Waals surface area contributed by atoms with Crippen molar-refractivity contribution in [2.24, 2.45) is 10.7 Å². The van der Waals surface area contributed by atoms with Crippen LogP contribution in [0.2, 0.25) is 0 Å². The molecule has 0 bridgehead atoms. The van der Waals surface area contributed by atoms with Gasteiger partial charge in [-0.1, -0.05) is 0 Å². The first-order chi connectivity index (χ1) is 9.85. The van der Waals surface area contributed by atoms with E-state index in [1.165, 1.54) is 0 Å². The summed E-state index contributed by atoms with van der Waals surface area (Å²) in [5, 5.41) is 2.44. The lowest BCUT2D eigenvalue weighted by atomic mass is 10.3. The van der Waals surface area contributed by atoms with Gasteiger partial charge in [0.1, 0.15) is 0 Å². The average Bonchev–Trinajstić information content (AvgIpc) is 2.34. The fraction of sp³-hybridized carbons (Fsp3) is 0.154. The van der Waals surface area contributed by atoms with Crippen LogP contribution in [0.1, 0.15) is 11.4 Å². The molecule has 110 valence electrons. The van der Waals surface area contributed by atoms with Gasteiger partial charge < -0.3 is 11.1 Å². The number of aromatic nitrogens is 2. The summed E-state index contributed by atoms with van der Waals surface area (Å²) in [4.78, 5) is 12.0. The summed E-state index contributed by atoms with van der Waals surface area (Å²) in [7, 11) is 0. The topological polar surface area (TPSA) is 76.2 Å². The van der Waals surface area contributed by atoms with E-state index in [0.29, 0.717) is 11.4 Å². The van der Waals surface area contributed by atoms with Crippen molar-refractivity contribution in [1.82, 2.24) is 9.97 Å². The van der Waals surface area contributed by atoms with E-state index < -0.39 is 17.5 Å². The molecule has 2 rings (SSSR count). The fourth-order valence-electron chi connectivity index (χ4n) is 1.67. The van der Waals surface area contributed by atoms with Crippen LogP contribution in [-0.2, 0) is 0 Å². The minimum Gasteiger partial charge on any atom is -0.369 e. The van der Waals surface area contributed by atoms with Crippen LogP contribution in [0.15, 0.2) is 23.2 Å². The van der Waals surface area contributed by atoms with Crippen molar-refractivity contribution >= 4 is 17.6 Å². The van der Waals surface area contributed by atoms with Crippen LogP contribution in [0.4, 0.5) is 24.8 Å². The molecule has 0 saturated carbocycles. The van der Waals surface area contributed by atoms with E-state index in [4.69, 9.17) is 5.73 Å². The highest BCUT2D eigenvalue weighted by molar-refractivity contribution is 5.93. The lowest BCUT2D eigenvalue weighted by Crippen LogP contribution is -2.22. The Morgan fingerprint density at radius 1 is 1.05 bits per heavy atom. The van der Waals surface area contributed by atoms with E-state index in [2.05, 4.69) is 20.3 Å². The molecule has 0 radical (unpaired) electrons. The first-order valence-electron chi connectivity index (χ1n) is 5.93. The Balaban J connectivity index is 2.24. The van der Waals surface area contributed by atoms with Crippen LogP contribution in [0.25, 0.3) is 0 Å². The summed E-state index contributed by atoms with van der Waals surface area (Å²) in [5.41, 5.74) is 6.93. The molecule has 1 heterocycles. The predicted molar refractivity (Wildman–Crippen MR) is 72.7 cm³/mol. The second-order valence-corrected chi connectivity index (χ2v) is 4.33. The maximum absolute atomic E-state index is 13.1. The molecule has 5 nitrogen and oxygen atoms in total. The summed E-state index contributed by atoms with van der Waals surface area (Å²) in [6, 6.07) is 3.29. The van der Waals surface area contributed by atoms with E-state index in [0.717, 1.165) is 12.1 Å². The van der Waals surface area contributed by atoms with Crippen molar-refractivity contribution in [3.8, 4) is 0 Å². The second kappa shape index (κ2) is 5.78. The zero-order valence-corrected chi connectivity index (χ0v) is 11.3. The van der Waals surface area contributed by atoms with Crippen molar-refractivity contribution in [2.75, 3.05) is 5.32 Å². The molecule has 21 heavy (non-hydrogen) atoms. The van der Waals surface area contributed by atoms with Gasteiger partial charge in [0.2, 0.25) is 5.96 Å². The molecule has 0 saturated heterocycles. The Kier molecular flexibility index (Phi) is 4.06. The Morgan fingerprint density at radius 3 is 2.10 bits per heavy atom. The van der Waals surface area contributed by atoms with Crippen LogP contribution in [0, 0.1) is 31.3 Å². The zero-order valence-electron chi connectivity index (χ0n) is 11.3. The molecule has 0 atom stereocenters. The van der Waals surface area contributed by atoms with Crippen molar-refractivity contribution < 1.29 is 13.2 Å². The molecule has 8 heteroatoms. The second-order valence-electron chi connectivity index (χ2n) is 4.33. The van der Waals surface area contributed by atoms with Gasteiger partial charge in [-0.15, -0.1) is 0 Å². The molecule has 0 aliphatic heterocycles. The smallest absolute Gasteiger partial charge is 0.253 e. The summed E-state index contributed by atoms with van der Waals surface area (Å²) >= 11 is 0. The number of halogens is 3. The summed E-state index contributed by atoms with van der Waals surface area (Å²) in [6.45, 7) is 3.53. The van der Waals surface area contributed by atoms with E-state index in [9.17, 15) is 13.2 Å². The minimum absolute atomic E-state index is 0.0722. The standard InChI is InChI=1S/C13H12F3N5/c1-6-3-7(2)19-13(18-6)21-12(17)20-8-4-9(14)11(16)10(15)5-8/h3-5H,1-2H3,(H3,17,18,19,20,21). The number of aryl methyl sites for hydroxylation is 2. The number of benzene rings is 1. The predicted octanol–water partition coefficient (Wildman–Crippen LogP) is 2.57. The summed E-state index contributed by atoms with van der Waals surface area (Å²) in [5.74, 6) is -4.26. The van der Waals surface area contributed by atoms with Gasteiger partial charge in [0.25, 0.3) is 5.95 Å². The number of guanidine groups is 1. The third kappa shape index (κ3) is 3.68. The molecule has 0 fully saturated rings. The third-order valence-corrected chi connectivity index (χ3v) is 2.45. The molecular formula is C13H12F3N5. The number of anilines is 1. The third-order valence-electron chi connectivity index (χ3n) is 2.45. The van der Waals surface area contributed by atoms with Gasteiger partial charge in [-0.25, -0.2) is 23.1 Å². The molecular weight excluding hydrogens is 283 g/mol. The number of hydrogen-bond acceptors (Lipinski definition) is 3. The summed E-state index contributed by atoms with van der Waals surface area (Å²) in [6.07, 6.45) is 0. The highest BCUT2D eigenvalue weighted by Gasteiger charge is 2.11. The Hall–Kier alpha value is -2.64. The van der Waals surface area contributed by atoms with Crippen molar-refractivity contribution in [2.45, 2.75) is 13.8 Å². The molecule has 2 aromatic rings. The largest absolute Gasteiger partial charge is 0.369 e. The number of aliphatic imine (C=N–C) groups is 1. The number of nitrogens with two attached hydrogens (primary N) is 1. The molecule has 0 aliphatic carbocycles. The van der Waals surface area contributed by atoms with Gasteiger partial charge >= 0.3 is 0 Å². The van der Waals surface area contributed by atoms with Gasteiger partial charge in [0.15, 0.2) is 17.5 Å². The fourth-order valence-corrected chi connectivity index (χ4v) is 1.67. The van der Waals surface area contributed by atoms with Crippen molar-refractivity contribution in [3.63, 3.8) is 0 Å². The molecule has 1 aromatic heterocycles. The first kappa shape index (κ1) is 14.8. The average molecular weight is 295 g/mol. The number of hydrogen-bond donors (Lipinski definition) is 2. The maximum Gasteiger partial charge on any atom is 0.253 e. The molecule has 0 unspecified atom stereocenters. The summed E-state index contributed by atoms with van der Waals surface area (Å²) < 4.78 is 39.0. The molecule has 3 N–H and O–H groups in total. The lowest BCUT2D eigenvalue weighted by molar-refractivity contribution is 0.448. The van der Waals surface area contributed by atoms with Gasteiger partial charge in [-0.2, -0.15) is 4.99 Å². The van der Waals surface area contributed by atoms with Crippen molar-refractivity contribution in [1.29, 1.82) is 0 Å². The van der Waals surface area contributed by atoms with E-state index in [-0.39, 0.29) is 17.6 Å². The molecule has 1 aromatic carbocycles.